The van der Waals surface area contributed by atoms with Gasteiger partial charge in [-0.2, -0.15) is 0 Å². The van der Waals surface area contributed by atoms with Gasteiger partial charge in [-0.25, -0.2) is 0 Å². The molecule has 19 heavy (non-hydrogen) atoms. The highest BCUT2D eigenvalue weighted by atomic mass is 16.5. The van der Waals surface area contributed by atoms with E-state index in [9.17, 15) is 4.79 Å². The van der Waals surface area contributed by atoms with E-state index in [4.69, 9.17) is 9.84 Å². The van der Waals surface area contributed by atoms with Crippen molar-refractivity contribution >= 4 is 11.6 Å². The van der Waals surface area contributed by atoms with Gasteiger partial charge >= 0.3 is 0 Å². The molecule has 0 aliphatic carbocycles. The van der Waals surface area contributed by atoms with Crippen LogP contribution in [0.3, 0.4) is 0 Å². The summed E-state index contributed by atoms with van der Waals surface area (Å²) in [6.45, 7) is 2.97. The molecule has 1 aromatic carbocycles. The fraction of sp³-hybridized carbons (Fsp3) is 0.500. The van der Waals surface area contributed by atoms with Crippen LogP contribution in [0.15, 0.2) is 24.3 Å². The average Bonchev–Trinajstić information content (AvgIpc) is 2.42. The summed E-state index contributed by atoms with van der Waals surface area (Å²) in [6, 6.07) is 7.58. The summed E-state index contributed by atoms with van der Waals surface area (Å²) in [5, 5.41) is 14.6. The van der Waals surface area contributed by atoms with Crippen molar-refractivity contribution in [3.05, 3.63) is 29.8 Å². The third-order valence-electron chi connectivity index (χ3n) is 2.69. The summed E-state index contributed by atoms with van der Waals surface area (Å²) in [4.78, 5) is 11.7. The molecular weight excluding hydrogens is 244 g/mol. The highest BCUT2D eigenvalue weighted by Gasteiger charge is 2.07. The molecular formula is C14H22N2O3. The van der Waals surface area contributed by atoms with E-state index >= 15 is 0 Å². The summed E-state index contributed by atoms with van der Waals surface area (Å²) >= 11 is 0. The second-order valence-corrected chi connectivity index (χ2v) is 4.39. The molecule has 0 heterocycles. The minimum atomic E-state index is -0.178. The summed E-state index contributed by atoms with van der Waals surface area (Å²) in [5.74, 6) is -0.178. The van der Waals surface area contributed by atoms with Gasteiger partial charge in [0.1, 0.15) is 0 Å². The average molecular weight is 266 g/mol. The van der Waals surface area contributed by atoms with Crippen molar-refractivity contribution in [1.82, 2.24) is 5.32 Å². The number of carbonyl (C=O) groups is 1. The second kappa shape index (κ2) is 8.50. The molecule has 1 amide bonds. The van der Waals surface area contributed by atoms with Crippen LogP contribution in [0.5, 0.6) is 0 Å². The monoisotopic (exact) mass is 266 g/mol. The Labute approximate surface area is 114 Å². The largest absolute Gasteiger partial charge is 0.395 e. The minimum Gasteiger partial charge on any atom is -0.395 e. The lowest BCUT2D eigenvalue weighted by Crippen LogP contribution is -2.26. The zero-order valence-corrected chi connectivity index (χ0v) is 11.5. The fourth-order valence-corrected chi connectivity index (χ4v) is 1.67. The molecule has 1 rings (SSSR count). The topological polar surface area (TPSA) is 70.6 Å². The van der Waals surface area contributed by atoms with E-state index in [1.165, 1.54) is 0 Å². The lowest BCUT2D eigenvalue weighted by molar-refractivity contribution is 0.0945. The molecule has 0 radical (unpaired) electrons. The molecule has 3 N–H and O–H groups in total. The molecule has 0 fully saturated rings. The predicted molar refractivity (Wildman–Crippen MR) is 75.4 cm³/mol. The van der Waals surface area contributed by atoms with E-state index in [2.05, 4.69) is 17.6 Å². The van der Waals surface area contributed by atoms with E-state index in [1.54, 1.807) is 19.2 Å². The van der Waals surface area contributed by atoms with Crippen molar-refractivity contribution in [1.29, 1.82) is 0 Å². The molecule has 0 saturated heterocycles. The Morgan fingerprint density at radius 2 is 2.26 bits per heavy atom. The molecule has 0 saturated carbocycles. The van der Waals surface area contributed by atoms with Gasteiger partial charge in [0.05, 0.1) is 6.61 Å². The third kappa shape index (κ3) is 5.72. The van der Waals surface area contributed by atoms with Crippen LogP contribution in [0.25, 0.3) is 0 Å². The van der Waals surface area contributed by atoms with Gasteiger partial charge < -0.3 is 20.5 Å². The van der Waals surface area contributed by atoms with Gasteiger partial charge in [-0.05, 0) is 31.5 Å². The highest BCUT2D eigenvalue weighted by Crippen LogP contribution is 2.12. The molecule has 5 heteroatoms. The molecule has 1 aromatic rings. The van der Waals surface area contributed by atoms with E-state index < -0.39 is 0 Å². The van der Waals surface area contributed by atoms with Gasteiger partial charge in [0.25, 0.3) is 5.91 Å². The first-order valence-electron chi connectivity index (χ1n) is 6.42. The van der Waals surface area contributed by atoms with Crippen LogP contribution in [0, 0.1) is 0 Å². The number of ether oxygens (including phenoxy) is 1. The summed E-state index contributed by atoms with van der Waals surface area (Å²) in [6.07, 6.45) is 0.900. The van der Waals surface area contributed by atoms with Crippen LogP contribution in [0.4, 0.5) is 5.69 Å². The Morgan fingerprint density at radius 1 is 1.47 bits per heavy atom. The molecule has 0 spiro atoms. The van der Waals surface area contributed by atoms with Crippen molar-refractivity contribution in [3.8, 4) is 0 Å². The molecule has 5 nitrogen and oxygen atoms in total. The standard InChI is InChI=1S/C14H22N2O3/c1-11(6-9-19-2)16-13-5-3-4-12(10-13)14(18)15-7-8-17/h3-5,10-11,16-17H,6-9H2,1-2H3,(H,15,18). The number of benzene rings is 1. The molecule has 0 aliphatic heterocycles. The Balaban J connectivity index is 2.58. The van der Waals surface area contributed by atoms with Crippen molar-refractivity contribution in [3.63, 3.8) is 0 Å². The lowest BCUT2D eigenvalue weighted by Gasteiger charge is -2.15. The lowest BCUT2D eigenvalue weighted by atomic mass is 10.1. The summed E-state index contributed by atoms with van der Waals surface area (Å²) < 4.78 is 5.03. The number of methoxy groups -OCH3 is 1. The number of rotatable bonds is 8. The number of aliphatic hydroxyl groups is 1. The number of hydrogen-bond donors (Lipinski definition) is 3. The van der Waals surface area contributed by atoms with Gasteiger partial charge in [-0.3, -0.25) is 4.79 Å². The van der Waals surface area contributed by atoms with E-state index in [0.29, 0.717) is 12.2 Å². The number of anilines is 1. The van der Waals surface area contributed by atoms with Crippen molar-refractivity contribution in [2.45, 2.75) is 19.4 Å². The molecule has 0 aliphatic rings. The number of nitrogens with one attached hydrogen (secondary N) is 2. The Kier molecular flexibility index (Phi) is 6.92. The van der Waals surface area contributed by atoms with Gasteiger partial charge in [-0.15, -0.1) is 0 Å². The first kappa shape index (κ1) is 15.5. The minimum absolute atomic E-state index is 0.0578. The van der Waals surface area contributed by atoms with Crippen LogP contribution in [0.2, 0.25) is 0 Å². The highest BCUT2D eigenvalue weighted by molar-refractivity contribution is 5.95. The fourth-order valence-electron chi connectivity index (χ4n) is 1.67. The number of hydrogen-bond acceptors (Lipinski definition) is 4. The summed E-state index contributed by atoms with van der Waals surface area (Å²) in [7, 11) is 1.68. The quantitative estimate of drug-likeness (QED) is 0.662. The smallest absolute Gasteiger partial charge is 0.251 e. The van der Waals surface area contributed by atoms with Crippen molar-refractivity contribution in [2.24, 2.45) is 0 Å². The predicted octanol–water partition coefficient (Wildman–Crippen LogP) is 1.25. The van der Waals surface area contributed by atoms with Crippen LogP contribution in [-0.2, 0) is 4.74 Å². The molecule has 0 aromatic heterocycles. The maximum atomic E-state index is 11.7. The second-order valence-electron chi connectivity index (χ2n) is 4.39. The van der Waals surface area contributed by atoms with E-state index in [-0.39, 0.29) is 25.1 Å². The van der Waals surface area contributed by atoms with Crippen molar-refractivity contribution < 1.29 is 14.6 Å². The van der Waals surface area contributed by atoms with Crippen LogP contribution >= 0.6 is 0 Å². The van der Waals surface area contributed by atoms with Crippen LogP contribution in [0.1, 0.15) is 23.7 Å². The van der Waals surface area contributed by atoms with Gasteiger partial charge in [0.2, 0.25) is 0 Å². The maximum Gasteiger partial charge on any atom is 0.251 e. The first-order chi connectivity index (χ1) is 9.17. The molecule has 0 bridgehead atoms. The molecule has 106 valence electrons. The van der Waals surface area contributed by atoms with E-state index in [1.807, 2.05) is 12.1 Å². The zero-order valence-electron chi connectivity index (χ0n) is 11.5. The van der Waals surface area contributed by atoms with E-state index in [0.717, 1.165) is 12.1 Å². The summed E-state index contributed by atoms with van der Waals surface area (Å²) in [5.41, 5.74) is 1.48. The SMILES string of the molecule is COCCC(C)Nc1cccc(C(=O)NCCO)c1. The van der Waals surface area contributed by atoms with Gasteiger partial charge in [0, 0.05) is 37.6 Å². The third-order valence-corrected chi connectivity index (χ3v) is 2.69. The zero-order chi connectivity index (χ0) is 14.1. The van der Waals surface area contributed by atoms with Crippen LogP contribution < -0.4 is 10.6 Å². The Bertz CT molecular complexity index is 396. The van der Waals surface area contributed by atoms with Gasteiger partial charge in [0.15, 0.2) is 0 Å². The number of amides is 1. The normalized spacial score (nSPS) is 11.9. The maximum absolute atomic E-state index is 11.7. The number of aliphatic hydroxyl groups excluding tert-OH is 1. The Hall–Kier alpha value is -1.59. The Morgan fingerprint density at radius 3 is 2.95 bits per heavy atom. The van der Waals surface area contributed by atoms with Crippen LogP contribution in [-0.4, -0.2) is 43.9 Å². The van der Waals surface area contributed by atoms with Crippen molar-refractivity contribution in [2.75, 3.05) is 32.2 Å². The molecule has 1 unspecified atom stereocenters. The first-order valence-corrected chi connectivity index (χ1v) is 6.42. The van der Waals surface area contributed by atoms with Gasteiger partial charge in [-0.1, -0.05) is 6.07 Å². The number of carbonyl (C=O) groups excluding carboxylic acids is 1. The molecule has 1 atom stereocenters.